The Kier molecular flexibility index (Phi) is 7.65. The predicted molar refractivity (Wildman–Crippen MR) is 149 cm³/mol. The molecule has 0 bridgehead atoms. The Bertz CT molecular complexity index is 1710. The molecule has 1 atom stereocenters. The van der Waals surface area contributed by atoms with Crippen molar-refractivity contribution in [1.29, 1.82) is 0 Å². The van der Waals surface area contributed by atoms with Crippen molar-refractivity contribution < 1.29 is 19.5 Å². The highest BCUT2D eigenvalue weighted by Gasteiger charge is 2.22. The number of hydrogen-bond donors (Lipinski definition) is 4. The number of anilines is 1. The maximum absolute atomic E-state index is 13.3. The van der Waals surface area contributed by atoms with Crippen LogP contribution >= 0.6 is 11.6 Å². The molecule has 3 aromatic carbocycles. The summed E-state index contributed by atoms with van der Waals surface area (Å²) in [6, 6.07) is 17.5. The predicted octanol–water partition coefficient (Wildman–Crippen LogP) is 3.87. The topological polar surface area (TPSA) is 155 Å². The molecule has 4 N–H and O–H groups in total. The number of halogens is 1. The molecule has 2 amide bonds. The number of rotatable bonds is 9. The molecule has 0 fully saturated rings. The number of H-pyrrole nitrogens is 1. The molecule has 0 spiro atoms. The molecule has 40 heavy (non-hydrogen) atoms. The first-order chi connectivity index (χ1) is 19.4. The van der Waals surface area contributed by atoms with Crippen molar-refractivity contribution in [2.24, 2.45) is 0 Å². The highest BCUT2D eigenvalue weighted by Crippen LogP contribution is 2.22. The number of benzene rings is 3. The quantitative estimate of drug-likeness (QED) is 0.201. The molecule has 5 aromatic rings. The van der Waals surface area contributed by atoms with Crippen LogP contribution in [0, 0.1) is 0 Å². The van der Waals surface area contributed by atoms with Gasteiger partial charge in [0.1, 0.15) is 12.4 Å². The molecule has 0 aliphatic rings. The Labute approximate surface area is 232 Å². The number of carbonyl (C=O) groups is 3. The number of nitrogens with one attached hydrogen (secondary N) is 3. The average Bonchev–Trinajstić information content (AvgIpc) is 3.63. The standard InChI is InChI=1S/C28H22ClN7O4/c29-20-8-11-25(36-16-31-34-35-36)18(13-20)7-12-26(37)33-24(14-19-15-30-23-4-2-1-3-22(19)23)27(38)32-21-9-5-17(6-10-21)28(39)40/h1-13,15-16,24,30H,14H2,(H,32,38)(H,33,37)(H,39,40). The van der Waals surface area contributed by atoms with Gasteiger partial charge in [-0.2, -0.15) is 4.68 Å². The fraction of sp³-hybridized carbons (Fsp3) is 0.0714. The summed E-state index contributed by atoms with van der Waals surface area (Å²) in [5.74, 6) is -2.05. The zero-order valence-electron chi connectivity index (χ0n) is 20.8. The van der Waals surface area contributed by atoms with Crippen molar-refractivity contribution in [2.75, 3.05) is 5.32 Å². The molecule has 0 saturated heterocycles. The lowest BCUT2D eigenvalue weighted by atomic mass is 10.0. The van der Waals surface area contributed by atoms with Crippen LogP contribution in [0.3, 0.4) is 0 Å². The van der Waals surface area contributed by atoms with Gasteiger partial charge in [0.2, 0.25) is 11.8 Å². The number of amides is 2. The molecule has 0 radical (unpaired) electrons. The van der Waals surface area contributed by atoms with Gasteiger partial charge < -0.3 is 20.7 Å². The van der Waals surface area contributed by atoms with Gasteiger partial charge in [-0.25, -0.2) is 4.79 Å². The second kappa shape index (κ2) is 11.6. The fourth-order valence-electron chi connectivity index (χ4n) is 4.18. The number of para-hydroxylation sites is 1. The van der Waals surface area contributed by atoms with E-state index in [2.05, 4.69) is 31.1 Å². The molecule has 200 valence electrons. The third-order valence-electron chi connectivity index (χ3n) is 6.13. The Morgan fingerprint density at radius 3 is 2.62 bits per heavy atom. The number of aromatic nitrogens is 5. The molecule has 12 heteroatoms. The first-order valence-electron chi connectivity index (χ1n) is 12.1. The lowest BCUT2D eigenvalue weighted by Gasteiger charge is -2.18. The smallest absolute Gasteiger partial charge is 0.335 e. The maximum atomic E-state index is 13.3. The van der Waals surface area contributed by atoms with E-state index >= 15 is 0 Å². The Morgan fingerprint density at radius 2 is 1.88 bits per heavy atom. The third-order valence-corrected chi connectivity index (χ3v) is 6.37. The number of fused-ring (bicyclic) bond motifs is 1. The maximum Gasteiger partial charge on any atom is 0.335 e. The first kappa shape index (κ1) is 26.3. The number of carboxylic acid groups (broad SMARTS) is 1. The summed E-state index contributed by atoms with van der Waals surface area (Å²) in [4.78, 5) is 40.7. The Hall–Kier alpha value is -5.29. The van der Waals surface area contributed by atoms with Gasteiger partial charge in [-0.3, -0.25) is 9.59 Å². The molecular weight excluding hydrogens is 534 g/mol. The minimum atomic E-state index is -1.07. The third kappa shape index (κ3) is 6.05. The van der Waals surface area contributed by atoms with E-state index in [-0.39, 0.29) is 12.0 Å². The van der Waals surface area contributed by atoms with Crippen LogP contribution in [0.2, 0.25) is 5.02 Å². The highest BCUT2D eigenvalue weighted by molar-refractivity contribution is 6.30. The Morgan fingerprint density at radius 1 is 1.07 bits per heavy atom. The second-order valence-electron chi connectivity index (χ2n) is 8.79. The van der Waals surface area contributed by atoms with E-state index < -0.39 is 23.8 Å². The van der Waals surface area contributed by atoms with E-state index in [9.17, 15) is 14.4 Å². The van der Waals surface area contributed by atoms with E-state index in [4.69, 9.17) is 16.7 Å². The summed E-state index contributed by atoms with van der Waals surface area (Å²) in [7, 11) is 0. The van der Waals surface area contributed by atoms with Crippen LogP contribution < -0.4 is 10.6 Å². The van der Waals surface area contributed by atoms with Crippen LogP contribution in [-0.4, -0.2) is 54.1 Å². The lowest BCUT2D eigenvalue weighted by Crippen LogP contribution is -2.44. The largest absolute Gasteiger partial charge is 0.478 e. The van der Waals surface area contributed by atoms with E-state index in [1.165, 1.54) is 41.4 Å². The van der Waals surface area contributed by atoms with Crippen molar-refractivity contribution >= 4 is 52.1 Å². The van der Waals surface area contributed by atoms with Crippen molar-refractivity contribution in [3.63, 3.8) is 0 Å². The molecule has 2 aromatic heterocycles. The van der Waals surface area contributed by atoms with Crippen LogP contribution in [0.1, 0.15) is 21.5 Å². The van der Waals surface area contributed by atoms with Crippen molar-refractivity contribution in [3.8, 4) is 5.69 Å². The molecule has 0 aliphatic heterocycles. The number of carboxylic acids is 1. The van der Waals surface area contributed by atoms with E-state index in [0.717, 1.165) is 16.5 Å². The van der Waals surface area contributed by atoms with Gasteiger partial charge in [-0.15, -0.1) is 5.10 Å². The average molecular weight is 556 g/mol. The molecule has 1 unspecified atom stereocenters. The number of tetrazole rings is 1. The minimum Gasteiger partial charge on any atom is -0.478 e. The summed E-state index contributed by atoms with van der Waals surface area (Å²) in [6.07, 6.45) is 6.29. The monoisotopic (exact) mass is 555 g/mol. The van der Waals surface area contributed by atoms with Crippen LogP contribution in [0.5, 0.6) is 0 Å². The summed E-state index contributed by atoms with van der Waals surface area (Å²) in [6.45, 7) is 0. The molecule has 0 saturated carbocycles. The van der Waals surface area contributed by atoms with Gasteiger partial charge in [0.15, 0.2) is 0 Å². The van der Waals surface area contributed by atoms with E-state index in [1.807, 2.05) is 24.3 Å². The summed E-state index contributed by atoms with van der Waals surface area (Å²) in [5.41, 5.74) is 3.44. The normalized spacial score (nSPS) is 11.9. The van der Waals surface area contributed by atoms with Crippen LogP contribution in [0.25, 0.3) is 22.7 Å². The summed E-state index contributed by atoms with van der Waals surface area (Å²) >= 11 is 6.17. The van der Waals surface area contributed by atoms with Gasteiger partial charge in [-0.05, 0) is 70.6 Å². The van der Waals surface area contributed by atoms with E-state index in [0.29, 0.717) is 22.0 Å². The molecule has 2 heterocycles. The van der Waals surface area contributed by atoms with Crippen LogP contribution in [0.4, 0.5) is 5.69 Å². The van der Waals surface area contributed by atoms with Gasteiger partial charge in [0.25, 0.3) is 0 Å². The zero-order valence-corrected chi connectivity index (χ0v) is 21.5. The molecule has 0 aliphatic carbocycles. The van der Waals surface area contributed by atoms with Crippen molar-refractivity contribution in [1.82, 2.24) is 30.5 Å². The number of hydrogen-bond acceptors (Lipinski definition) is 6. The second-order valence-corrected chi connectivity index (χ2v) is 9.22. The van der Waals surface area contributed by atoms with Crippen LogP contribution in [-0.2, 0) is 16.0 Å². The lowest BCUT2D eigenvalue weighted by molar-refractivity contribution is -0.123. The van der Waals surface area contributed by atoms with Gasteiger partial charge in [0, 0.05) is 45.9 Å². The minimum absolute atomic E-state index is 0.0915. The van der Waals surface area contributed by atoms with Gasteiger partial charge >= 0.3 is 5.97 Å². The first-order valence-corrected chi connectivity index (χ1v) is 12.5. The summed E-state index contributed by atoms with van der Waals surface area (Å²) < 4.78 is 1.44. The molecule has 11 nitrogen and oxygen atoms in total. The highest BCUT2D eigenvalue weighted by atomic mass is 35.5. The van der Waals surface area contributed by atoms with Crippen molar-refractivity contribution in [2.45, 2.75) is 12.5 Å². The van der Waals surface area contributed by atoms with Crippen LogP contribution in [0.15, 0.2) is 85.3 Å². The number of aromatic carboxylic acids is 1. The van der Waals surface area contributed by atoms with Gasteiger partial charge in [-0.1, -0.05) is 29.8 Å². The Balaban J connectivity index is 1.38. The number of aromatic amines is 1. The van der Waals surface area contributed by atoms with Gasteiger partial charge in [0.05, 0.1) is 11.3 Å². The zero-order chi connectivity index (χ0) is 28.1. The number of carbonyl (C=O) groups excluding carboxylic acids is 2. The SMILES string of the molecule is O=C(C=Cc1cc(Cl)ccc1-n1cnnn1)NC(Cc1c[nH]c2ccccc12)C(=O)Nc1ccc(C(=O)O)cc1. The summed E-state index contributed by atoms with van der Waals surface area (Å²) in [5, 5.41) is 27.2. The van der Waals surface area contributed by atoms with E-state index in [1.54, 1.807) is 30.5 Å². The molecule has 5 rings (SSSR count). The molecular formula is C28H22ClN7O4. The number of nitrogens with zero attached hydrogens (tertiary/aromatic N) is 4. The fourth-order valence-corrected chi connectivity index (χ4v) is 4.36. The van der Waals surface area contributed by atoms with Crippen molar-refractivity contribution in [3.05, 3.63) is 107 Å².